The Morgan fingerprint density at radius 3 is 2.62 bits per heavy atom. The van der Waals surface area contributed by atoms with Crippen LogP contribution in [0.2, 0.25) is 5.02 Å². The lowest BCUT2D eigenvalue weighted by atomic mass is 9.98. The van der Waals surface area contributed by atoms with Crippen LogP contribution in [0.1, 0.15) is 15.9 Å². The molecular formula is C15H8BrClFNO2. The zero-order valence-corrected chi connectivity index (χ0v) is 12.9. The van der Waals surface area contributed by atoms with Gasteiger partial charge in [0.25, 0.3) is 5.91 Å². The highest BCUT2D eigenvalue weighted by Crippen LogP contribution is 2.37. The molecule has 2 aromatic rings. The summed E-state index contributed by atoms with van der Waals surface area (Å²) in [5.41, 5.74) is 1.30. The van der Waals surface area contributed by atoms with Crippen LogP contribution >= 0.6 is 27.5 Å². The molecule has 0 N–H and O–H groups in total. The smallest absolute Gasteiger partial charge is 0.265 e. The monoisotopic (exact) mass is 367 g/mol. The number of carbonyl (C=O) groups is 2. The van der Waals surface area contributed by atoms with Crippen LogP contribution in [0, 0.1) is 5.82 Å². The fraction of sp³-hybridized carbons (Fsp3) is 0.0667. The first-order chi connectivity index (χ1) is 9.99. The highest BCUT2D eigenvalue weighted by Gasteiger charge is 2.34. The molecule has 2 aromatic carbocycles. The minimum Gasteiger partial charge on any atom is -0.274 e. The number of hydrogen-bond donors (Lipinski definition) is 0. The summed E-state index contributed by atoms with van der Waals surface area (Å²) in [5, 5.41) is 0.00274. The highest BCUT2D eigenvalue weighted by atomic mass is 79.9. The van der Waals surface area contributed by atoms with Gasteiger partial charge in [-0.1, -0.05) is 29.8 Å². The number of carbonyl (C=O) groups excluding carboxylic acids is 2. The molecule has 6 heteroatoms. The van der Waals surface area contributed by atoms with Crippen molar-refractivity contribution in [1.29, 1.82) is 0 Å². The van der Waals surface area contributed by atoms with Gasteiger partial charge in [-0.2, -0.15) is 0 Å². The number of hydrogen-bond acceptors (Lipinski definition) is 2. The third-order valence-corrected chi connectivity index (χ3v) is 4.14. The molecule has 1 heterocycles. The molecule has 2 amide bonds. The van der Waals surface area contributed by atoms with Crippen LogP contribution in [-0.4, -0.2) is 11.8 Å². The number of nitrogens with zero attached hydrogens (tertiary/aromatic N) is 1. The van der Waals surface area contributed by atoms with E-state index in [2.05, 4.69) is 15.9 Å². The zero-order chi connectivity index (χ0) is 15.1. The maximum atomic E-state index is 13.3. The molecule has 3 nitrogen and oxygen atoms in total. The van der Waals surface area contributed by atoms with Gasteiger partial charge in [-0.25, -0.2) is 9.29 Å². The van der Waals surface area contributed by atoms with Crippen molar-refractivity contribution in [2.45, 2.75) is 6.42 Å². The van der Waals surface area contributed by atoms with Crippen molar-refractivity contribution in [3.8, 4) is 0 Å². The standard InChI is InChI=1S/C15H8BrClFNO2/c16-11-6-9(18)7-12(17)14(11)19-13(20)5-8-3-1-2-4-10(8)15(19)21/h1-4,6-7H,5H2. The van der Waals surface area contributed by atoms with E-state index in [9.17, 15) is 14.0 Å². The molecule has 0 saturated heterocycles. The number of rotatable bonds is 1. The van der Waals surface area contributed by atoms with Gasteiger partial charge in [-0.15, -0.1) is 0 Å². The Labute approximate surface area is 133 Å². The van der Waals surface area contributed by atoms with E-state index in [1.165, 1.54) is 6.07 Å². The highest BCUT2D eigenvalue weighted by molar-refractivity contribution is 9.10. The van der Waals surface area contributed by atoms with Crippen LogP contribution in [-0.2, 0) is 11.2 Å². The molecule has 1 aliphatic heterocycles. The van der Waals surface area contributed by atoms with Gasteiger partial charge in [-0.05, 0) is 39.7 Å². The lowest BCUT2D eigenvalue weighted by Gasteiger charge is -2.28. The van der Waals surface area contributed by atoms with Crippen LogP contribution in [0.15, 0.2) is 40.9 Å². The normalized spacial score (nSPS) is 14.3. The third-order valence-electron chi connectivity index (χ3n) is 3.25. The first-order valence-corrected chi connectivity index (χ1v) is 7.26. The Balaban J connectivity index is 2.17. The molecule has 0 aliphatic carbocycles. The summed E-state index contributed by atoms with van der Waals surface area (Å²) < 4.78 is 13.6. The molecule has 0 bridgehead atoms. The summed E-state index contributed by atoms with van der Waals surface area (Å²) >= 11 is 9.17. The molecule has 21 heavy (non-hydrogen) atoms. The van der Waals surface area contributed by atoms with Crippen LogP contribution in [0.3, 0.4) is 0 Å². The SMILES string of the molecule is O=C1Cc2ccccc2C(=O)N1c1c(Cl)cc(F)cc1Br. The van der Waals surface area contributed by atoms with Crippen LogP contribution in [0.25, 0.3) is 0 Å². The van der Waals surface area contributed by atoms with Gasteiger partial charge in [0.2, 0.25) is 5.91 Å². The van der Waals surface area contributed by atoms with Crippen LogP contribution in [0.4, 0.5) is 10.1 Å². The van der Waals surface area contributed by atoms with E-state index < -0.39 is 17.6 Å². The minimum atomic E-state index is -0.548. The molecule has 0 fully saturated rings. The number of benzene rings is 2. The van der Waals surface area contributed by atoms with Crippen molar-refractivity contribution < 1.29 is 14.0 Å². The average Bonchev–Trinajstić information content (AvgIpc) is 2.41. The molecule has 0 atom stereocenters. The van der Waals surface area contributed by atoms with Crippen molar-refractivity contribution >= 4 is 45.0 Å². The van der Waals surface area contributed by atoms with Crippen molar-refractivity contribution in [3.63, 3.8) is 0 Å². The molecule has 0 saturated carbocycles. The van der Waals surface area contributed by atoms with Crippen LogP contribution < -0.4 is 4.90 Å². The molecular weight excluding hydrogens is 361 g/mol. The second-order valence-corrected chi connectivity index (χ2v) is 5.85. The van der Waals surface area contributed by atoms with Gasteiger partial charge in [0.05, 0.1) is 17.1 Å². The van der Waals surface area contributed by atoms with Crippen molar-refractivity contribution in [1.82, 2.24) is 0 Å². The Morgan fingerprint density at radius 1 is 1.19 bits per heavy atom. The summed E-state index contributed by atoms with van der Waals surface area (Å²) in [6.45, 7) is 0. The number of imide groups is 1. The number of amides is 2. The van der Waals surface area contributed by atoms with E-state index in [1.807, 2.05) is 0 Å². The predicted molar refractivity (Wildman–Crippen MR) is 81.1 cm³/mol. The Morgan fingerprint density at radius 2 is 1.90 bits per heavy atom. The van der Waals surface area contributed by atoms with E-state index in [0.29, 0.717) is 11.1 Å². The van der Waals surface area contributed by atoms with Gasteiger partial charge in [0, 0.05) is 10.0 Å². The summed E-state index contributed by atoms with van der Waals surface area (Å²) in [6.07, 6.45) is 0.0993. The lowest BCUT2D eigenvalue weighted by Crippen LogP contribution is -2.42. The summed E-state index contributed by atoms with van der Waals surface area (Å²) in [4.78, 5) is 25.8. The Hall–Kier alpha value is -1.72. The first kappa shape index (κ1) is 14.2. The van der Waals surface area contributed by atoms with Gasteiger partial charge in [0.1, 0.15) is 5.82 Å². The first-order valence-electron chi connectivity index (χ1n) is 6.09. The summed E-state index contributed by atoms with van der Waals surface area (Å²) in [5.74, 6) is -1.41. The molecule has 0 aromatic heterocycles. The number of fused-ring (bicyclic) bond motifs is 1. The van der Waals surface area contributed by atoms with E-state index >= 15 is 0 Å². The van der Waals surface area contributed by atoms with Crippen molar-refractivity contribution in [2.75, 3.05) is 4.90 Å². The minimum absolute atomic E-state index is 0.00274. The maximum Gasteiger partial charge on any atom is 0.265 e. The summed E-state index contributed by atoms with van der Waals surface area (Å²) in [6, 6.07) is 9.14. The molecule has 1 aliphatic rings. The summed E-state index contributed by atoms with van der Waals surface area (Å²) in [7, 11) is 0. The van der Waals surface area contributed by atoms with Crippen LogP contribution in [0.5, 0.6) is 0 Å². The van der Waals surface area contributed by atoms with E-state index in [0.717, 1.165) is 11.0 Å². The van der Waals surface area contributed by atoms with Gasteiger partial charge < -0.3 is 0 Å². The van der Waals surface area contributed by atoms with E-state index in [1.54, 1.807) is 24.3 Å². The quantitative estimate of drug-likeness (QED) is 0.714. The second-order valence-electron chi connectivity index (χ2n) is 4.59. The fourth-order valence-corrected chi connectivity index (χ4v) is 3.35. The number of halogens is 3. The topological polar surface area (TPSA) is 37.4 Å². The zero-order valence-electron chi connectivity index (χ0n) is 10.6. The fourth-order valence-electron chi connectivity index (χ4n) is 2.33. The Bertz CT molecular complexity index is 755. The van der Waals surface area contributed by atoms with Gasteiger partial charge in [0.15, 0.2) is 0 Å². The van der Waals surface area contributed by atoms with Gasteiger partial charge in [-0.3, -0.25) is 9.59 Å². The average molecular weight is 369 g/mol. The van der Waals surface area contributed by atoms with E-state index in [-0.39, 0.29) is 21.6 Å². The molecule has 0 radical (unpaired) electrons. The van der Waals surface area contributed by atoms with E-state index in [4.69, 9.17) is 11.6 Å². The third kappa shape index (κ3) is 2.36. The molecule has 3 rings (SSSR count). The lowest BCUT2D eigenvalue weighted by molar-refractivity contribution is -0.117. The predicted octanol–water partition coefficient (Wildman–Crippen LogP) is 3.97. The van der Waals surface area contributed by atoms with Crippen molar-refractivity contribution in [2.24, 2.45) is 0 Å². The molecule has 0 unspecified atom stereocenters. The Kier molecular flexibility index (Phi) is 3.55. The molecule has 0 spiro atoms. The van der Waals surface area contributed by atoms with Gasteiger partial charge >= 0.3 is 0 Å². The largest absolute Gasteiger partial charge is 0.274 e. The molecule has 106 valence electrons. The van der Waals surface area contributed by atoms with Crippen molar-refractivity contribution in [3.05, 3.63) is 62.8 Å². The number of anilines is 1. The maximum absolute atomic E-state index is 13.3. The second kappa shape index (κ2) is 5.24.